The highest BCUT2D eigenvalue weighted by atomic mass is 79.9. The van der Waals surface area contributed by atoms with Gasteiger partial charge in [0.2, 0.25) is 0 Å². The molecule has 0 saturated carbocycles. The number of aryl methyl sites for hydroxylation is 1. The van der Waals surface area contributed by atoms with Gasteiger partial charge in [0, 0.05) is 23.9 Å². The molecular weight excluding hydrogens is 328 g/mol. The second-order valence-corrected chi connectivity index (χ2v) is 6.33. The Balaban J connectivity index is 1.89. The van der Waals surface area contributed by atoms with E-state index in [2.05, 4.69) is 45.2 Å². The molecule has 1 atom stereocenters. The molecule has 1 aromatic carbocycles. The van der Waals surface area contributed by atoms with Crippen molar-refractivity contribution in [1.82, 2.24) is 9.88 Å². The summed E-state index contributed by atoms with van der Waals surface area (Å²) in [5.74, 6) is 0.0190. The number of benzene rings is 1. The van der Waals surface area contributed by atoms with Gasteiger partial charge in [0.15, 0.2) is 0 Å². The average molecular weight is 345 g/mol. The molecule has 21 heavy (non-hydrogen) atoms. The van der Waals surface area contributed by atoms with Crippen LogP contribution in [0.5, 0.6) is 0 Å². The summed E-state index contributed by atoms with van der Waals surface area (Å²) >= 11 is 3.37. The minimum Gasteiger partial charge on any atom is -0.335 e. The van der Waals surface area contributed by atoms with E-state index in [-0.39, 0.29) is 11.9 Å². The van der Waals surface area contributed by atoms with E-state index < -0.39 is 0 Å². The lowest BCUT2D eigenvalue weighted by Gasteiger charge is -2.33. The normalized spacial score (nSPS) is 17.1. The van der Waals surface area contributed by atoms with Crippen LogP contribution < -0.4 is 0 Å². The van der Waals surface area contributed by atoms with Crippen molar-refractivity contribution < 1.29 is 4.79 Å². The summed E-state index contributed by atoms with van der Waals surface area (Å²) in [6, 6.07) is 10.4. The highest BCUT2D eigenvalue weighted by Gasteiger charge is 2.27. The SMILES string of the molecule is CN(C(=O)c1cncc(Br)c1)C1CCCc2ccccc21. The van der Waals surface area contributed by atoms with Gasteiger partial charge in [-0.3, -0.25) is 9.78 Å². The first-order chi connectivity index (χ1) is 10.2. The van der Waals surface area contributed by atoms with Crippen molar-refractivity contribution in [3.8, 4) is 0 Å². The molecule has 0 N–H and O–H groups in total. The van der Waals surface area contributed by atoms with Gasteiger partial charge in [0.05, 0.1) is 11.6 Å². The molecule has 1 heterocycles. The number of hydrogen-bond donors (Lipinski definition) is 0. The molecule has 0 bridgehead atoms. The number of pyridine rings is 1. The van der Waals surface area contributed by atoms with Crippen LogP contribution in [0.4, 0.5) is 0 Å². The van der Waals surface area contributed by atoms with Gasteiger partial charge in [0.25, 0.3) is 5.91 Å². The molecule has 1 amide bonds. The number of aromatic nitrogens is 1. The molecule has 108 valence electrons. The molecule has 0 saturated heterocycles. The number of halogens is 1. The van der Waals surface area contributed by atoms with E-state index in [1.807, 2.05) is 18.0 Å². The quantitative estimate of drug-likeness (QED) is 0.825. The summed E-state index contributed by atoms with van der Waals surface area (Å²) in [6.45, 7) is 0. The smallest absolute Gasteiger partial charge is 0.255 e. The zero-order valence-corrected chi connectivity index (χ0v) is 13.5. The van der Waals surface area contributed by atoms with Crippen molar-refractivity contribution in [2.75, 3.05) is 7.05 Å². The summed E-state index contributed by atoms with van der Waals surface area (Å²) in [4.78, 5) is 18.6. The van der Waals surface area contributed by atoms with Crippen LogP contribution >= 0.6 is 15.9 Å². The van der Waals surface area contributed by atoms with Crippen molar-refractivity contribution in [1.29, 1.82) is 0 Å². The molecule has 0 aliphatic heterocycles. The van der Waals surface area contributed by atoms with Crippen LogP contribution in [0.2, 0.25) is 0 Å². The number of nitrogens with zero attached hydrogens (tertiary/aromatic N) is 2. The summed E-state index contributed by atoms with van der Waals surface area (Å²) in [5, 5.41) is 0. The van der Waals surface area contributed by atoms with Gasteiger partial charge in [-0.25, -0.2) is 0 Å². The second-order valence-electron chi connectivity index (χ2n) is 5.41. The molecule has 2 aromatic rings. The minimum absolute atomic E-state index is 0.0190. The Morgan fingerprint density at radius 1 is 1.33 bits per heavy atom. The average Bonchev–Trinajstić information content (AvgIpc) is 2.53. The van der Waals surface area contributed by atoms with Crippen LogP contribution in [-0.4, -0.2) is 22.8 Å². The van der Waals surface area contributed by atoms with E-state index in [0.717, 1.165) is 23.7 Å². The molecule has 3 rings (SSSR count). The molecule has 3 nitrogen and oxygen atoms in total. The first kappa shape index (κ1) is 14.3. The van der Waals surface area contributed by atoms with E-state index in [1.54, 1.807) is 12.4 Å². The number of rotatable bonds is 2. The fourth-order valence-electron chi connectivity index (χ4n) is 3.00. The molecule has 0 spiro atoms. The Bertz CT molecular complexity index is 671. The Labute approximate surface area is 133 Å². The van der Waals surface area contributed by atoms with E-state index >= 15 is 0 Å². The second kappa shape index (κ2) is 5.98. The van der Waals surface area contributed by atoms with Crippen LogP contribution in [0.1, 0.15) is 40.4 Å². The fourth-order valence-corrected chi connectivity index (χ4v) is 3.37. The van der Waals surface area contributed by atoms with Gasteiger partial charge >= 0.3 is 0 Å². The van der Waals surface area contributed by atoms with Crippen molar-refractivity contribution >= 4 is 21.8 Å². The van der Waals surface area contributed by atoms with Crippen molar-refractivity contribution in [2.24, 2.45) is 0 Å². The third kappa shape index (κ3) is 2.86. The van der Waals surface area contributed by atoms with Gasteiger partial charge in [-0.15, -0.1) is 0 Å². The Morgan fingerprint density at radius 2 is 2.14 bits per heavy atom. The van der Waals surface area contributed by atoms with Gasteiger partial charge in [-0.1, -0.05) is 24.3 Å². The maximum atomic E-state index is 12.7. The Hall–Kier alpha value is -1.68. The lowest BCUT2D eigenvalue weighted by molar-refractivity contribution is 0.0714. The van der Waals surface area contributed by atoms with Gasteiger partial charge in [-0.2, -0.15) is 0 Å². The standard InChI is InChI=1S/C17H17BrN2O/c1-20(17(21)13-9-14(18)11-19-10-13)16-8-4-6-12-5-2-3-7-15(12)16/h2-3,5,7,9-11,16H,4,6,8H2,1H3. The highest BCUT2D eigenvalue weighted by Crippen LogP contribution is 2.34. The lowest BCUT2D eigenvalue weighted by Crippen LogP contribution is -2.33. The van der Waals surface area contributed by atoms with Crippen LogP contribution in [0, 0.1) is 0 Å². The number of fused-ring (bicyclic) bond motifs is 1. The zero-order valence-electron chi connectivity index (χ0n) is 11.9. The number of amides is 1. The number of hydrogen-bond acceptors (Lipinski definition) is 2. The molecule has 1 aliphatic rings. The van der Waals surface area contributed by atoms with Crippen LogP contribution in [0.15, 0.2) is 47.2 Å². The van der Waals surface area contributed by atoms with Gasteiger partial charge in [0.1, 0.15) is 0 Å². The maximum absolute atomic E-state index is 12.7. The number of carbonyl (C=O) groups is 1. The Morgan fingerprint density at radius 3 is 2.95 bits per heavy atom. The lowest BCUT2D eigenvalue weighted by atomic mass is 9.87. The summed E-state index contributed by atoms with van der Waals surface area (Å²) < 4.78 is 0.825. The van der Waals surface area contributed by atoms with Crippen molar-refractivity contribution in [2.45, 2.75) is 25.3 Å². The van der Waals surface area contributed by atoms with Gasteiger partial charge < -0.3 is 4.90 Å². The molecule has 0 radical (unpaired) electrons. The third-order valence-corrected chi connectivity index (χ3v) is 4.51. The van der Waals surface area contributed by atoms with Crippen LogP contribution in [0.25, 0.3) is 0 Å². The molecule has 1 aliphatic carbocycles. The van der Waals surface area contributed by atoms with E-state index in [1.165, 1.54) is 11.1 Å². The topological polar surface area (TPSA) is 33.2 Å². The van der Waals surface area contributed by atoms with E-state index in [9.17, 15) is 4.79 Å². The number of carbonyl (C=O) groups excluding carboxylic acids is 1. The summed E-state index contributed by atoms with van der Waals surface area (Å²) in [5.41, 5.74) is 3.26. The van der Waals surface area contributed by atoms with E-state index in [4.69, 9.17) is 0 Å². The molecule has 1 aromatic heterocycles. The largest absolute Gasteiger partial charge is 0.335 e. The monoisotopic (exact) mass is 344 g/mol. The first-order valence-corrected chi connectivity index (χ1v) is 7.91. The summed E-state index contributed by atoms with van der Waals surface area (Å²) in [7, 11) is 1.88. The third-order valence-electron chi connectivity index (χ3n) is 4.08. The predicted molar refractivity (Wildman–Crippen MR) is 86.2 cm³/mol. The van der Waals surface area contributed by atoms with E-state index in [0.29, 0.717) is 5.56 Å². The molecule has 4 heteroatoms. The molecular formula is C17H17BrN2O. The first-order valence-electron chi connectivity index (χ1n) is 7.12. The van der Waals surface area contributed by atoms with Crippen LogP contribution in [-0.2, 0) is 6.42 Å². The molecule has 1 unspecified atom stereocenters. The maximum Gasteiger partial charge on any atom is 0.255 e. The highest BCUT2D eigenvalue weighted by molar-refractivity contribution is 9.10. The van der Waals surface area contributed by atoms with Crippen LogP contribution in [0.3, 0.4) is 0 Å². The Kier molecular flexibility index (Phi) is 4.06. The molecule has 0 fully saturated rings. The van der Waals surface area contributed by atoms with Crippen molar-refractivity contribution in [3.05, 3.63) is 63.9 Å². The fraction of sp³-hybridized carbons (Fsp3) is 0.294. The predicted octanol–water partition coefficient (Wildman–Crippen LogP) is 3.99. The zero-order chi connectivity index (χ0) is 14.8. The van der Waals surface area contributed by atoms with Crippen molar-refractivity contribution in [3.63, 3.8) is 0 Å². The minimum atomic E-state index is 0.0190. The van der Waals surface area contributed by atoms with Gasteiger partial charge in [-0.05, 0) is 52.4 Å². The summed E-state index contributed by atoms with van der Waals surface area (Å²) in [6.07, 6.45) is 6.55.